The highest BCUT2D eigenvalue weighted by Gasteiger charge is 2.39. The fraction of sp³-hybridized carbons (Fsp3) is 0.381. The topological polar surface area (TPSA) is 166 Å². The number of piperidine rings is 1. The van der Waals surface area contributed by atoms with Gasteiger partial charge in [-0.3, -0.25) is 9.59 Å². The Morgan fingerprint density at radius 1 is 1.33 bits per heavy atom. The predicted octanol–water partition coefficient (Wildman–Crippen LogP) is 2.38. The van der Waals surface area contributed by atoms with Crippen molar-refractivity contribution in [3.8, 4) is 0 Å². The minimum atomic E-state index is -0.827. The molecule has 11 nitrogen and oxygen atoms in total. The number of carbonyl (C=O) groups is 3. The predicted molar refractivity (Wildman–Crippen MR) is 126 cm³/mol. The zero-order valence-electron chi connectivity index (χ0n) is 18.1. The molecule has 2 aliphatic rings. The van der Waals surface area contributed by atoms with Gasteiger partial charge in [-0.25, -0.2) is 9.78 Å². The highest BCUT2D eigenvalue weighted by Crippen LogP contribution is 2.43. The van der Waals surface area contributed by atoms with Crippen LogP contribution < -0.4 is 27.0 Å². The lowest BCUT2D eigenvalue weighted by molar-refractivity contribution is -0.119. The maximum Gasteiger partial charge on any atom is 0.404 e. The van der Waals surface area contributed by atoms with Gasteiger partial charge in [0.15, 0.2) is 0 Å². The van der Waals surface area contributed by atoms with E-state index in [1.165, 1.54) is 6.20 Å². The van der Waals surface area contributed by atoms with Gasteiger partial charge in [-0.1, -0.05) is 0 Å². The van der Waals surface area contributed by atoms with Gasteiger partial charge in [-0.2, -0.15) is 4.98 Å². The van der Waals surface area contributed by atoms with Crippen LogP contribution in [0.4, 0.5) is 27.9 Å². The minimum absolute atomic E-state index is 0.102. The van der Waals surface area contributed by atoms with Gasteiger partial charge in [-0.15, -0.1) is 0 Å². The number of fused-ring (bicyclic) bond motifs is 1. The molecule has 0 unspecified atom stereocenters. The van der Waals surface area contributed by atoms with E-state index in [4.69, 9.17) is 16.2 Å². The van der Waals surface area contributed by atoms with Crippen LogP contribution >= 0.6 is 15.9 Å². The Kier molecular flexibility index (Phi) is 5.87. The number of nitrogens with two attached hydrogens (primary N) is 2. The second-order valence-corrected chi connectivity index (χ2v) is 9.38. The van der Waals surface area contributed by atoms with Crippen LogP contribution in [0, 0.1) is 0 Å². The van der Waals surface area contributed by atoms with Crippen molar-refractivity contribution in [3.05, 3.63) is 33.9 Å². The maximum atomic E-state index is 12.4. The summed E-state index contributed by atoms with van der Waals surface area (Å²) in [4.78, 5) is 46.2. The molecule has 1 saturated heterocycles. The van der Waals surface area contributed by atoms with Crippen LogP contribution in [-0.2, 0) is 14.9 Å². The Labute approximate surface area is 198 Å². The number of ether oxygens (including phenoxy) is 1. The van der Waals surface area contributed by atoms with Gasteiger partial charge in [0.05, 0.1) is 17.6 Å². The molecule has 0 bridgehead atoms. The van der Waals surface area contributed by atoms with Crippen LogP contribution in [0.2, 0.25) is 0 Å². The van der Waals surface area contributed by atoms with Crippen LogP contribution in [0.3, 0.4) is 0 Å². The van der Waals surface area contributed by atoms with E-state index in [-0.39, 0.29) is 23.4 Å². The molecular weight excluding hydrogens is 494 g/mol. The average molecular weight is 518 g/mol. The third-order valence-corrected chi connectivity index (χ3v) is 6.44. The lowest BCUT2D eigenvalue weighted by Crippen LogP contribution is -2.42. The molecule has 0 radical (unpaired) electrons. The molecule has 2 aromatic rings. The summed E-state index contributed by atoms with van der Waals surface area (Å²) in [5.74, 6) is -0.199. The molecule has 174 valence electrons. The summed E-state index contributed by atoms with van der Waals surface area (Å²) in [6.45, 7) is 4.71. The Morgan fingerprint density at radius 3 is 2.79 bits per heavy atom. The molecule has 1 aromatic heterocycles. The van der Waals surface area contributed by atoms with Crippen molar-refractivity contribution in [2.75, 3.05) is 28.6 Å². The largest absolute Gasteiger partial charge is 0.445 e. The van der Waals surface area contributed by atoms with Crippen LogP contribution in [-0.4, -0.2) is 47.1 Å². The number of carbonyl (C=O) groups excluding carboxylic acids is 3. The summed E-state index contributed by atoms with van der Waals surface area (Å²) < 4.78 is 5.82. The fourth-order valence-corrected chi connectivity index (χ4v) is 4.57. The summed E-state index contributed by atoms with van der Waals surface area (Å²) in [5.41, 5.74) is 12.2. The van der Waals surface area contributed by atoms with E-state index in [0.29, 0.717) is 41.3 Å². The monoisotopic (exact) mass is 517 g/mol. The summed E-state index contributed by atoms with van der Waals surface area (Å²) in [6.07, 6.45) is 1.62. The SMILES string of the molecule is CC1(C)C(=O)Nc2c(Br)cc(Nc3nc(N4CCC[C@H](OC(N)=O)C4)ncc3C(N)=O)cc21. The number of hydrogen-bond donors (Lipinski definition) is 4. The second-order valence-electron chi connectivity index (χ2n) is 8.53. The number of benzene rings is 1. The summed E-state index contributed by atoms with van der Waals surface area (Å²) in [6, 6.07) is 3.62. The number of hydrogen-bond acceptors (Lipinski definition) is 8. The van der Waals surface area contributed by atoms with Crippen molar-refractivity contribution in [3.63, 3.8) is 0 Å². The van der Waals surface area contributed by atoms with E-state index in [0.717, 1.165) is 12.0 Å². The third kappa shape index (κ3) is 4.42. The van der Waals surface area contributed by atoms with Crippen molar-refractivity contribution in [2.45, 2.75) is 38.2 Å². The van der Waals surface area contributed by atoms with E-state index in [1.807, 2.05) is 24.8 Å². The number of nitrogens with zero attached hydrogens (tertiary/aromatic N) is 3. The first-order chi connectivity index (χ1) is 15.6. The van der Waals surface area contributed by atoms with Crippen LogP contribution in [0.5, 0.6) is 0 Å². The van der Waals surface area contributed by atoms with Gasteiger partial charge in [0.2, 0.25) is 11.9 Å². The molecule has 1 fully saturated rings. The molecule has 0 aliphatic carbocycles. The van der Waals surface area contributed by atoms with E-state index >= 15 is 0 Å². The number of amides is 3. The molecule has 1 aromatic carbocycles. The molecule has 0 spiro atoms. The van der Waals surface area contributed by atoms with Crippen molar-refractivity contribution in [1.82, 2.24) is 9.97 Å². The van der Waals surface area contributed by atoms with Gasteiger partial charge < -0.3 is 31.7 Å². The van der Waals surface area contributed by atoms with Crippen molar-refractivity contribution < 1.29 is 19.1 Å². The Hall–Kier alpha value is -3.41. The first-order valence-corrected chi connectivity index (χ1v) is 11.2. The number of halogens is 1. The number of nitrogens with one attached hydrogen (secondary N) is 2. The normalized spacial score (nSPS) is 18.9. The molecule has 0 saturated carbocycles. The molecule has 3 heterocycles. The lowest BCUT2D eigenvalue weighted by Gasteiger charge is -2.32. The second kappa shape index (κ2) is 8.50. The highest BCUT2D eigenvalue weighted by atomic mass is 79.9. The van der Waals surface area contributed by atoms with E-state index < -0.39 is 17.4 Å². The number of aromatic nitrogens is 2. The van der Waals surface area contributed by atoms with Gasteiger partial charge in [0, 0.05) is 22.9 Å². The Balaban J connectivity index is 1.66. The van der Waals surface area contributed by atoms with Gasteiger partial charge in [0.1, 0.15) is 17.5 Å². The Morgan fingerprint density at radius 2 is 2.09 bits per heavy atom. The molecule has 6 N–H and O–H groups in total. The zero-order chi connectivity index (χ0) is 23.9. The maximum absolute atomic E-state index is 12.4. The molecular formula is C21H24BrN7O4. The van der Waals surface area contributed by atoms with Crippen molar-refractivity contribution in [2.24, 2.45) is 11.5 Å². The van der Waals surface area contributed by atoms with Crippen LogP contribution in [0.25, 0.3) is 0 Å². The third-order valence-electron chi connectivity index (χ3n) is 5.82. The molecule has 12 heteroatoms. The van der Waals surface area contributed by atoms with Crippen LogP contribution in [0.15, 0.2) is 22.8 Å². The highest BCUT2D eigenvalue weighted by molar-refractivity contribution is 9.10. The average Bonchev–Trinajstić information content (AvgIpc) is 2.97. The fourth-order valence-electron chi connectivity index (χ4n) is 4.01. The van der Waals surface area contributed by atoms with Crippen molar-refractivity contribution in [1.29, 1.82) is 0 Å². The van der Waals surface area contributed by atoms with Gasteiger partial charge in [-0.05, 0) is 60.3 Å². The van der Waals surface area contributed by atoms with Gasteiger partial charge in [0.25, 0.3) is 5.91 Å². The van der Waals surface area contributed by atoms with E-state index in [9.17, 15) is 14.4 Å². The number of rotatable bonds is 5. The van der Waals surface area contributed by atoms with Crippen LogP contribution in [0.1, 0.15) is 42.6 Å². The molecule has 4 rings (SSSR count). The lowest BCUT2D eigenvalue weighted by atomic mass is 9.86. The minimum Gasteiger partial charge on any atom is -0.445 e. The molecule has 3 amide bonds. The van der Waals surface area contributed by atoms with E-state index in [2.05, 4.69) is 36.5 Å². The zero-order valence-corrected chi connectivity index (χ0v) is 19.7. The summed E-state index contributed by atoms with van der Waals surface area (Å²) >= 11 is 3.50. The molecule has 33 heavy (non-hydrogen) atoms. The Bertz CT molecular complexity index is 1150. The number of primary amides is 2. The van der Waals surface area contributed by atoms with Crippen molar-refractivity contribution >= 4 is 57.0 Å². The standard InChI is InChI=1S/C21H24BrN7O4/c1-21(2)13-6-10(7-14(22)15(13)27-18(21)31)26-17-12(16(23)30)8-25-20(28-17)29-5-3-4-11(9-29)33-19(24)32/h6-8,11H,3-5,9H2,1-2H3,(H2,23,30)(H2,24,32)(H,27,31)(H,25,26,28)/t11-/m0/s1. The van der Waals surface area contributed by atoms with Gasteiger partial charge >= 0.3 is 6.09 Å². The summed E-state index contributed by atoms with van der Waals surface area (Å²) in [5, 5.41) is 6.03. The molecule has 2 aliphatic heterocycles. The van der Waals surface area contributed by atoms with E-state index in [1.54, 1.807) is 6.07 Å². The molecule has 1 atom stereocenters. The first-order valence-electron chi connectivity index (χ1n) is 10.4. The quantitative estimate of drug-likeness (QED) is 0.468. The number of anilines is 4. The smallest absolute Gasteiger partial charge is 0.404 e. The summed E-state index contributed by atoms with van der Waals surface area (Å²) in [7, 11) is 0. The first kappa shape index (κ1) is 22.8.